The lowest BCUT2D eigenvalue weighted by molar-refractivity contribution is -0.137. The number of aromatic nitrogens is 2. The van der Waals surface area contributed by atoms with Gasteiger partial charge in [0.25, 0.3) is 0 Å². The molecule has 2 heterocycles. The van der Waals surface area contributed by atoms with Gasteiger partial charge in [0.15, 0.2) is 0 Å². The first-order chi connectivity index (χ1) is 11.9. The predicted octanol–water partition coefficient (Wildman–Crippen LogP) is 3.06. The standard InChI is InChI=1S/C17H18F3N3O2/c1-25-7-6-23-10-12(8-15(23)24)16-21-9-14(22-16)11-2-4-13(5-3-11)17(18,19)20/h2-5,9,12H,6-8,10H2,1H3,(H,21,22)/t12-/m1/s1. The van der Waals surface area contributed by atoms with Crippen LogP contribution in [0.1, 0.15) is 23.7 Å². The van der Waals surface area contributed by atoms with Crippen molar-refractivity contribution in [2.45, 2.75) is 18.5 Å². The second-order valence-corrected chi connectivity index (χ2v) is 5.99. The molecule has 0 aliphatic carbocycles. The number of methoxy groups -OCH3 is 1. The van der Waals surface area contributed by atoms with E-state index in [0.29, 0.717) is 43.2 Å². The Balaban J connectivity index is 1.72. The molecule has 0 bridgehead atoms. The molecule has 1 aliphatic rings. The number of imidazole rings is 1. The largest absolute Gasteiger partial charge is 0.416 e. The van der Waals surface area contributed by atoms with E-state index < -0.39 is 11.7 Å². The second-order valence-electron chi connectivity index (χ2n) is 5.99. The fourth-order valence-electron chi connectivity index (χ4n) is 2.90. The maximum Gasteiger partial charge on any atom is 0.416 e. The molecule has 1 fully saturated rings. The zero-order valence-corrected chi connectivity index (χ0v) is 13.6. The molecule has 1 aliphatic heterocycles. The van der Waals surface area contributed by atoms with Crippen molar-refractivity contribution in [3.05, 3.63) is 41.9 Å². The Morgan fingerprint density at radius 2 is 2.04 bits per heavy atom. The number of rotatable bonds is 5. The van der Waals surface area contributed by atoms with Gasteiger partial charge in [0.2, 0.25) is 5.91 Å². The fraction of sp³-hybridized carbons (Fsp3) is 0.412. The van der Waals surface area contributed by atoms with Crippen molar-refractivity contribution >= 4 is 5.91 Å². The van der Waals surface area contributed by atoms with E-state index in [9.17, 15) is 18.0 Å². The van der Waals surface area contributed by atoms with Crippen molar-refractivity contribution in [2.75, 3.05) is 26.8 Å². The molecule has 5 nitrogen and oxygen atoms in total. The lowest BCUT2D eigenvalue weighted by Crippen LogP contribution is -2.28. The number of hydrogen-bond acceptors (Lipinski definition) is 3. The zero-order chi connectivity index (χ0) is 18.0. The van der Waals surface area contributed by atoms with Gasteiger partial charge < -0.3 is 14.6 Å². The third-order valence-corrected chi connectivity index (χ3v) is 4.29. The lowest BCUT2D eigenvalue weighted by atomic mass is 10.1. The molecule has 0 spiro atoms. The van der Waals surface area contributed by atoms with E-state index in [1.54, 1.807) is 18.2 Å². The van der Waals surface area contributed by atoms with E-state index in [0.717, 1.165) is 12.1 Å². The van der Waals surface area contributed by atoms with E-state index in [1.165, 1.54) is 12.1 Å². The highest BCUT2D eigenvalue weighted by atomic mass is 19.4. The number of H-pyrrole nitrogens is 1. The first-order valence-electron chi connectivity index (χ1n) is 7.87. The number of nitrogens with one attached hydrogen (secondary N) is 1. The zero-order valence-electron chi connectivity index (χ0n) is 13.6. The number of nitrogens with zero attached hydrogens (tertiary/aromatic N) is 2. The Bertz CT molecular complexity index is 740. The number of likely N-dealkylation sites (tertiary alicyclic amines) is 1. The summed E-state index contributed by atoms with van der Waals surface area (Å²) in [7, 11) is 1.58. The van der Waals surface area contributed by atoms with Crippen LogP contribution in [0.5, 0.6) is 0 Å². The van der Waals surface area contributed by atoms with Crippen LogP contribution in [0.15, 0.2) is 30.5 Å². The summed E-state index contributed by atoms with van der Waals surface area (Å²) >= 11 is 0. The number of amides is 1. The van der Waals surface area contributed by atoms with Gasteiger partial charge in [-0.1, -0.05) is 12.1 Å². The maximum absolute atomic E-state index is 12.6. The molecule has 0 radical (unpaired) electrons. The van der Waals surface area contributed by atoms with Crippen molar-refractivity contribution in [2.24, 2.45) is 0 Å². The number of alkyl halides is 3. The molecule has 1 N–H and O–H groups in total. The number of halogens is 3. The molecule has 2 aromatic rings. The van der Waals surface area contributed by atoms with Crippen LogP contribution in [0.2, 0.25) is 0 Å². The third-order valence-electron chi connectivity index (χ3n) is 4.29. The summed E-state index contributed by atoms with van der Waals surface area (Å²) < 4.78 is 42.9. The number of carbonyl (C=O) groups is 1. The minimum atomic E-state index is -4.35. The van der Waals surface area contributed by atoms with Crippen molar-refractivity contribution < 1.29 is 22.7 Å². The first kappa shape index (κ1) is 17.5. The molecule has 0 saturated carbocycles. The van der Waals surface area contributed by atoms with Gasteiger partial charge in [0.1, 0.15) is 5.82 Å². The van der Waals surface area contributed by atoms with E-state index >= 15 is 0 Å². The second kappa shape index (κ2) is 6.87. The maximum atomic E-state index is 12.6. The molecular formula is C17H18F3N3O2. The predicted molar refractivity (Wildman–Crippen MR) is 84.8 cm³/mol. The van der Waals surface area contributed by atoms with Gasteiger partial charge in [-0.25, -0.2) is 4.98 Å². The molecule has 1 saturated heterocycles. The number of hydrogen-bond donors (Lipinski definition) is 1. The average molecular weight is 353 g/mol. The topological polar surface area (TPSA) is 58.2 Å². The van der Waals surface area contributed by atoms with Gasteiger partial charge in [0.05, 0.1) is 24.1 Å². The van der Waals surface area contributed by atoms with E-state index in [2.05, 4.69) is 9.97 Å². The van der Waals surface area contributed by atoms with Gasteiger partial charge in [-0.15, -0.1) is 0 Å². The number of benzene rings is 1. The lowest BCUT2D eigenvalue weighted by Gasteiger charge is -2.15. The summed E-state index contributed by atoms with van der Waals surface area (Å²) in [4.78, 5) is 21.2. The molecule has 134 valence electrons. The monoisotopic (exact) mass is 353 g/mol. The van der Waals surface area contributed by atoms with Gasteiger partial charge in [-0.3, -0.25) is 4.79 Å². The molecule has 8 heteroatoms. The summed E-state index contributed by atoms with van der Waals surface area (Å²) in [5, 5.41) is 0. The van der Waals surface area contributed by atoms with Crippen molar-refractivity contribution in [1.82, 2.24) is 14.9 Å². The Hall–Kier alpha value is -2.35. The quantitative estimate of drug-likeness (QED) is 0.899. The summed E-state index contributed by atoms with van der Waals surface area (Å²) in [6, 6.07) is 4.90. The molecule has 0 unspecified atom stereocenters. The summed E-state index contributed by atoms with van der Waals surface area (Å²) in [5.74, 6) is 0.672. The van der Waals surface area contributed by atoms with Crippen molar-refractivity contribution in [3.8, 4) is 11.3 Å². The minimum Gasteiger partial charge on any atom is -0.383 e. The molecule has 25 heavy (non-hydrogen) atoms. The SMILES string of the molecule is COCCN1C[C@H](c2ncc(-c3ccc(C(F)(F)F)cc3)[nH]2)CC1=O. The summed E-state index contributed by atoms with van der Waals surface area (Å²) in [6.07, 6.45) is -2.41. The smallest absolute Gasteiger partial charge is 0.383 e. The number of ether oxygens (including phenoxy) is 1. The highest BCUT2D eigenvalue weighted by Crippen LogP contribution is 2.31. The van der Waals surface area contributed by atoms with Gasteiger partial charge in [-0.2, -0.15) is 13.2 Å². The minimum absolute atomic E-state index is 0.0486. The Morgan fingerprint density at radius 1 is 1.32 bits per heavy atom. The number of aromatic amines is 1. The molecule has 3 rings (SSSR count). The fourth-order valence-corrected chi connectivity index (χ4v) is 2.90. The van der Waals surface area contributed by atoms with Gasteiger partial charge >= 0.3 is 6.18 Å². The highest BCUT2D eigenvalue weighted by Gasteiger charge is 2.32. The number of carbonyl (C=O) groups excluding carboxylic acids is 1. The van der Waals surface area contributed by atoms with Crippen LogP contribution in [0.4, 0.5) is 13.2 Å². The Morgan fingerprint density at radius 3 is 2.68 bits per heavy atom. The molecule has 1 amide bonds. The van der Waals surface area contributed by atoms with Crippen molar-refractivity contribution in [3.63, 3.8) is 0 Å². The van der Waals surface area contributed by atoms with Gasteiger partial charge in [0, 0.05) is 32.5 Å². The van der Waals surface area contributed by atoms with Crippen molar-refractivity contribution in [1.29, 1.82) is 0 Å². The van der Waals surface area contributed by atoms with E-state index in [-0.39, 0.29) is 11.8 Å². The molecular weight excluding hydrogens is 335 g/mol. The third kappa shape index (κ3) is 3.84. The Labute approximate surface area is 142 Å². The molecule has 1 atom stereocenters. The van der Waals surface area contributed by atoms with Crippen LogP contribution in [0, 0.1) is 0 Å². The normalized spacial score (nSPS) is 18.2. The Kier molecular flexibility index (Phi) is 4.80. The molecule has 1 aromatic carbocycles. The van der Waals surface area contributed by atoms with E-state index in [1.807, 2.05) is 0 Å². The summed E-state index contributed by atoms with van der Waals surface area (Å²) in [6.45, 7) is 1.58. The average Bonchev–Trinajstić information content (AvgIpc) is 3.19. The van der Waals surface area contributed by atoms with Crippen LogP contribution in [-0.2, 0) is 15.7 Å². The van der Waals surface area contributed by atoms with Crippen LogP contribution in [0.3, 0.4) is 0 Å². The van der Waals surface area contributed by atoms with Crippen LogP contribution < -0.4 is 0 Å². The van der Waals surface area contributed by atoms with E-state index in [4.69, 9.17) is 4.74 Å². The summed E-state index contributed by atoms with van der Waals surface area (Å²) in [5.41, 5.74) is 0.560. The van der Waals surface area contributed by atoms with Crippen LogP contribution in [0.25, 0.3) is 11.3 Å². The van der Waals surface area contributed by atoms with Crippen LogP contribution in [-0.4, -0.2) is 47.6 Å². The van der Waals surface area contributed by atoms with Gasteiger partial charge in [-0.05, 0) is 17.7 Å². The first-order valence-corrected chi connectivity index (χ1v) is 7.87. The van der Waals surface area contributed by atoms with Crippen LogP contribution >= 0.6 is 0 Å². The highest BCUT2D eigenvalue weighted by molar-refractivity contribution is 5.79. The molecule has 1 aromatic heterocycles.